The smallest absolute Gasteiger partial charge is 0.100 e. The van der Waals surface area contributed by atoms with Crippen LogP contribution >= 0.6 is 23.2 Å². The third-order valence-corrected chi connectivity index (χ3v) is 5.85. The summed E-state index contributed by atoms with van der Waals surface area (Å²) < 4.78 is 2.02. The zero-order valence-corrected chi connectivity index (χ0v) is 16.7. The Labute approximate surface area is 164 Å². The molecule has 0 radical (unpaired) electrons. The maximum absolute atomic E-state index is 6.44. The van der Waals surface area contributed by atoms with Gasteiger partial charge >= 0.3 is 0 Å². The third kappa shape index (κ3) is 3.48. The Hall–Kier alpha value is -1.55. The maximum Gasteiger partial charge on any atom is 0.100 e. The summed E-state index contributed by atoms with van der Waals surface area (Å²) in [7, 11) is 4.27. The standard InChI is InChI=1S/C21H23Cl2N3/c1-25(15-9-10-15)12-4-7-20-18-6-3-5-17(21(18)24-26(20)2)16-11-8-14(22)13-19(16)23/h3,5-6,8,11,13,15H,4,7,9-10,12H2,1-2H3. The summed E-state index contributed by atoms with van der Waals surface area (Å²) in [6.45, 7) is 1.14. The van der Waals surface area contributed by atoms with Crippen LogP contribution in [0.4, 0.5) is 0 Å². The fourth-order valence-electron chi connectivity index (χ4n) is 3.68. The van der Waals surface area contributed by atoms with Crippen molar-refractivity contribution in [3.8, 4) is 11.1 Å². The van der Waals surface area contributed by atoms with E-state index in [1.54, 1.807) is 6.07 Å². The summed E-state index contributed by atoms with van der Waals surface area (Å²) in [4.78, 5) is 2.48. The van der Waals surface area contributed by atoms with E-state index in [9.17, 15) is 0 Å². The fourth-order valence-corrected chi connectivity index (χ4v) is 4.19. The van der Waals surface area contributed by atoms with Crippen LogP contribution in [0.15, 0.2) is 36.4 Å². The monoisotopic (exact) mass is 387 g/mol. The number of fused-ring (bicyclic) bond motifs is 1. The number of aryl methyl sites for hydroxylation is 2. The number of rotatable bonds is 6. The molecule has 2 aromatic carbocycles. The van der Waals surface area contributed by atoms with E-state index in [0.717, 1.165) is 42.1 Å². The van der Waals surface area contributed by atoms with Crippen LogP contribution in [-0.4, -0.2) is 34.3 Å². The minimum absolute atomic E-state index is 0.646. The van der Waals surface area contributed by atoms with E-state index in [1.165, 1.54) is 23.9 Å². The molecule has 1 heterocycles. The number of benzene rings is 2. The predicted octanol–water partition coefficient (Wildman–Crippen LogP) is 5.57. The minimum atomic E-state index is 0.646. The molecule has 0 unspecified atom stereocenters. The molecule has 1 saturated carbocycles. The molecule has 3 nitrogen and oxygen atoms in total. The van der Waals surface area contributed by atoms with Gasteiger partial charge in [0.2, 0.25) is 0 Å². The topological polar surface area (TPSA) is 21.1 Å². The van der Waals surface area contributed by atoms with Crippen LogP contribution in [0.5, 0.6) is 0 Å². The van der Waals surface area contributed by atoms with E-state index in [4.69, 9.17) is 28.3 Å². The number of nitrogens with zero attached hydrogens (tertiary/aromatic N) is 3. The first-order valence-corrected chi connectivity index (χ1v) is 9.90. The molecule has 1 aliphatic carbocycles. The Kier molecular flexibility index (Phi) is 4.96. The summed E-state index contributed by atoms with van der Waals surface area (Å²) in [5.41, 5.74) is 4.32. The Morgan fingerprint density at radius 2 is 1.96 bits per heavy atom. The summed E-state index contributed by atoms with van der Waals surface area (Å²) in [5.74, 6) is 0. The minimum Gasteiger partial charge on any atom is -0.303 e. The number of aromatic nitrogens is 2. The first kappa shape index (κ1) is 17.8. The van der Waals surface area contributed by atoms with Crippen molar-refractivity contribution in [1.29, 1.82) is 0 Å². The lowest BCUT2D eigenvalue weighted by Crippen LogP contribution is -2.22. The highest BCUT2D eigenvalue weighted by molar-refractivity contribution is 6.36. The van der Waals surface area contributed by atoms with Crippen LogP contribution in [0.2, 0.25) is 10.0 Å². The lowest BCUT2D eigenvalue weighted by Gasteiger charge is -2.15. The lowest BCUT2D eigenvalue weighted by molar-refractivity contribution is 0.319. The average molecular weight is 388 g/mol. The van der Waals surface area contributed by atoms with Crippen molar-refractivity contribution in [1.82, 2.24) is 14.7 Å². The molecule has 3 aromatic rings. The third-order valence-electron chi connectivity index (χ3n) is 5.30. The van der Waals surface area contributed by atoms with Crippen LogP contribution in [0.25, 0.3) is 22.0 Å². The zero-order valence-electron chi connectivity index (χ0n) is 15.2. The van der Waals surface area contributed by atoms with Gasteiger partial charge in [0, 0.05) is 45.3 Å². The Morgan fingerprint density at radius 3 is 2.69 bits per heavy atom. The summed E-state index contributed by atoms with van der Waals surface area (Å²) in [6, 6.07) is 12.8. The molecular formula is C21H23Cl2N3. The largest absolute Gasteiger partial charge is 0.303 e. The summed E-state index contributed by atoms with van der Waals surface area (Å²) in [5, 5.41) is 7.32. The van der Waals surface area contributed by atoms with Crippen LogP contribution < -0.4 is 0 Å². The molecular weight excluding hydrogens is 365 g/mol. The number of hydrogen-bond donors (Lipinski definition) is 0. The molecule has 0 saturated heterocycles. The van der Waals surface area contributed by atoms with Gasteiger partial charge in [-0.3, -0.25) is 4.68 Å². The highest BCUT2D eigenvalue weighted by atomic mass is 35.5. The molecule has 5 heteroatoms. The van der Waals surface area contributed by atoms with Gasteiger partial charge in [0.05, 0.1) is 0 Å². The highest BCUT2D eigenvalue weighted by Gasteiger charge is 2.25. The Balaban J connectivity index is 1.64. The van der Waals surface area contributed by atoms with Crippen molar-refractivity contribution < 1.29 is 0 Å². The van der Waals surface area contributed by atoms with E-state index in [2.05, 4.69) is 30.1 Å². The first-order valence-electron chi connectivity index (χ1n) is 9.15. The molecule has 0 bridgehead atoms. The van der Waals surface area contributed by atoms with Gasteiger partial charge in [0.25, 0.3) is 0 Å². The van der Waals surface area contributed by atoms with E-state index in [0.29, 0.717) is 10.0 Å². The average Bonchev–Trinajstić information content (AvgIpc) is 3.40. The van der Waals surface area contributed by atoms with Gasteiger partial charge in [0.15, 0.2) is 0 Å². The molecule has 0 N–H and O–H groups in total. The van der Waals surface area contributed by atoms with Gasteiger partial charge < -0.3 is 4.90 Å². The van der Waals surface area contributed by atoms with Gasteiger partial charge in [-0.2, -0.15) is 5.10 Å². The van der Waals surface area contributed by atoms with E-state index < -0.39 is 0 Å². The Bertz CT molecular complexity index is 944. The second-order valence-electron chi connectivity index (χ2n) is 7.21. The zero-order chi connectivity index (χ0) is 18.3. The second-order valence-corrected chi connectivity index (χ2v) is 8.06. The lowest BCUT2D eigenvalue weighted by atomic mass is 10.0. The van der Waals surface area contributed by atoms with Crippen LogP contribution in [0.3, 0.4) is 0 Å². The van der Waals surface area contributed by atoms with Crippen LogP contribution in [0.1, 0.15) is 25.0 Å². The normalized spacial score (nSPS) is 14.5. The molecule has 136 valence electrons. The molecule has 1 aliphatic rings. The quantitative estimate of drug-likeness (QED) is 0.550. The van der Waals surface area contributed by atoms with Crippen molar-refractivity contribution in [2.75, 3.05) is 13.6 Å². The molecule has 1 fully saturated rings. The van der Waals surface area contributed by atoms with E-state index in [1.807, 2.05) is 23.9 Å². The molecule has 0 amide bonds. The SMILES string of the molecule is CN(CCCc1c2cccc(-c3ccc(Cl)cc3Cl)c2nn1C)C1CC1. The van der Waals surface area contributed by atoms with Gasteiger partial charge in [-0.05, 0) is 51.4 Å². The van der Waals surface area contributed by atoms with Crippen molar-refractivity contribution in [2.24, 2.45) is 7.05 Å². The number of halogens is 2. The van der Waals surface area contributed by atoms with E-state index >= 15 is 0 Å². The van der Waals surface area contributed by atoms with Gasteiger partial charge in [-0.1, -0.05) is 47.5 Å². The van der Waals surface area contributed by atoms with Crippen LogP contribution in [-0.2, 0) is 13.5 Å². The number of hydrogen-bond acceptors (Lipinski definition) is 2. The summed E-state index contributed by atoms with van der Waals surface area (Å²) >= 11 is 12.5. The molecule has 0 aliphatic heterocycles. The van der Waals surface area contributed by atoms with Gasteiger partial charge in [-0.15, -0.1) is 0 Å². The van der Waals surface area contributed by atoms with E-state index in [-0.39, 0.29) is 0 Å². The summed E-state index contributed by atoms with van der Waals surface area (Å²) in [6.07, 6.45) is 4.89. The fraction of sp³-hybridized carbons (Fsp3) is 0.381. The molecule has 4 rings (SSSR count). The maximum atomic E-state index is 6.44. The molecule has 26 heavy (non-hydrogen) atoms. The van der Waals surface area contributed by atoms with Crippen molar-refractivity contribution >= 4 is 34.1 Å². The van der Waals surface area contributed by atoms with Gasteiger partial charge in [-0.25, -0.2) is 0 Å². The molecule has 0 spiro atoms. The van der Waals surface area contributed by atoms with Crippen LogP contribution in [0, 0.1) is 0 Å². The molecule has 0 atom stereocenters. The predicted molar refractivity (Wildman–Crippen MR) is 110 cm³/mol. The Morgan fingerprint density at radius 1 is 1.15 bits per heavy atom. The first-order chi connectivity index (χ1) is 12.5. The van der Waals surface area contributed by atoms with Gasteiger partial charge in [0.1, 0.15) is 5.52 Å². The highest BCUT2D eigenvalue weighted by Crippen LogP contribution is 2.35. The molecule has 1 aromatic heterocycles. The van der Waals surface area contributed by atoms with Crippen molar-refractivity contribution in [3.05, 3.63) is 52.1 Å². The van der Waals surface area contributed by atoms with Crippen molar-refractivity contribution in [3.63, 3.8) is 0 Å². The second kappa shape index (κ2) is 7.22. The van der Waals surface area contributed by atoms with Crippen molar-refractivity contribution in [2.45, 2.75) is 31.7 Å².